The summed E-state index contributed by atoms with van der Waals surface area (Å²) in [5.41, 5.74) is 19.5. The van der Waals surface area contributed by atoms with E-state index >= 15 is 0 Å². The molecule has 0 saturated heterocycles. The Morgan fingerprint density at radius 2 is 0.767 bits per heavy atom. The highest BCUT2D eigenvalue weighted by Gasteiger charge is 2.26. The van der Waals surface area contributed by atoms with Crippen molar-refractivity contribution in [1.82, 2.24) is 9.13 Å². The second-order valence-corrected chi connectivity index (χ2v) is 16.1. The molecule has 1 aliphatic heterocycles. The average Bonchev–Trinajstić information content (AvgIpc) is 3.80. The van der Waals surface area contributed by atoms with Crippen molar-refractivity contribution in [3.05, 3.63) is 218 Å². The molecule has 0 aliphatic carbocycles. The molecule has 60 heavy (non-hydrogen) atoms. The van der Waals surface area contributed by atoms with E-state index in [1.54, 1.807) is 0 Å². The Morgan fingerprint density at radius 3 is 1.47 bits per heavy atom. The summed E-state index contributed by atoms with van der Waals surface area (Å²) in [7, 11) is 0. The molecule has 3 heterocycles. The van der Waals surface area contributed by atoms with E-state index in [-0.39, 0.29) is 0 Å². The monoisotopic (exact) mass is 760 g/mol. The Hall–Kier alpha value is -7.94. The van der Waals surface area contributed by atoms with Gasteiger partial charge >= 0.3 is 0 Å². The molecule has 1 aliphatic rings. The number of nitrogens with zero attached hydrogens (tertiary/aromatic N) is 2. The largest absolute Gasteiger partial charge is 0.309 e. The molecular formula is C58H36N2. The van der Waals surface area contributed by atoms with Crippen molar-refractivity contribution < 1.29 is 0 Å². The second-order valence-electron chi connectivity index (χ2n) is 16.1. The number of benzene rings is 10. The number of hydrogen-bond acceptors (Lipinski definition) is 0. The molecule has 13 rings (SSSR count). The Kier molecular flexibility index (Phi) is 7.05. The lowest BCUT2D eigenvalue weighted by atomic mass is 9.89. The molecule has 0 fully saturated rings. The van der Waals surface area contributed by atoms with Crippen molar-refractivity contribution in [2.75, 3.05) is 0 Å². The van der Waals surface area contributed by atoms with Crippen molar-refractivity contribution in [2.24, 2.45) is 0 Å². The predicted molar refractivity (Wildman–Crippen MR) is 253 cm³/mol. The van der Waals surface area contributed by atoms with Gasteiger partial charge in [0.15, 0.2) is 0 Å². The van der Waals surface area contributed by atoms with Crippen molar-refractivity contribution in [3.63, 3.8) is 0 Å². The highest BCUT2D eigenvalue weighted by atomic mass is 15.0. The first kappa shape index (κ1) is 33.1. The summed E-state index contributed by atoms with van der Waals surface area (Å²) in [6.45, 7) is 0. The zero-order valence-electron chi connectivity index (χ0n) is 32.7. The minimum absolute atomic E-state index is 1.15. The van der Waals surface area contributed by atoms with Gasteiger partial charge in [0.05, 0.1) is 27.8 Å². The third-order valence-electron chi connectivity index (χ3n) is 12.8. The van der Waals surface area contributed by atoms with Gasteiger partial charge in [-0.3, -0.25) is 0 Å². The summed E-state index contributed by atoms with van der Waals surface area (Å²) in [5, 5.41) is 7.51. The molecule has 0 amide bonds. The van der Waals surface area contributed by atoms with Gasteiger partial charge in [0.1, 0.15) is 0 Å². The van der Waals surface area contributed by atoms with Gasteiger partial charge in [0.2, 0.25) is 0 Å². The van der Waals surface area contributed by atoms with Gasteiger partial charge in [0.25, 0.3) is 0 Å². The molecule has 2 heteroatoms. The molecule has 12 aromatic rings. The van der Waals surface area contributed by atoms with Crippen LogP contribution in [0.1, 0.15) is 0 Å². The maximum atomic E-state index is 2.51. The average molecular weight is 761 g/mol. The molecular weight excluding hydrogens is 725 g/mol. The minimum atomic E-state index is 1.15. The van der Waals surface area contributed by atoms with Crippen LogP contribution in [0.15, 0.2) is 218 Å². The fraction of sp³-hybridized carbons (Fsp3) is 0. The van der Waals surface area contributed by atoms with E-state index in [1.807, 2.05) is 0 Å². The second kappa shape index (κ2) is 12.8. The lowest BCUT2D eigenvalue weighted by molar-refractivity contribution is 1.18. The zero-order chi connectivity index (χ0) is 39.3. The van der Waals surface area contributed by atoms with E-state index in [1.165, 1.54) is 116 Å². The molecule has 2 aromatic heterocycles. The van der Waals surface area contributed by atoms with Crippen LogP contribution in [-0.4, -0.2) is 9.13 Å². The van der Waals surface area contributed by atoms with Crippen molar-refractivity contribution >= 4 is 54.4 Å². The predicted octanol–water partition coefficient (Wildman–Crippen LogP) is 15.7. The van der Waals surface area contributed by atoms with Gasteiger partial charge in [0, 0.05) is 38.4 Å². The maximum Gasteiger partial charge on any atom is 0.0620 e. The molecule has 0 bridgehead atoms. The lowest BCUT2D eigenvalue weighted by Crippen LogP contribution is -1.96. The fourth-order valence-electron chi connectivity index (χ4n) is 10.1. The number of hydrogen-bond donors (Lipinski definition) is 0. The van der Waals surface area contributed by atoms with Crippen LogP contribution in [0.2, 0.25) is 0 Å². The molecule has 278 valence electrons. The Morgan fingerprint density at radius 1 is 0.250 bits per heavy atom. The topological polar surface area (TPSA) is 9.86 Å². The quantitative estimate of drug-likeness (QED) is 0.169. The fourth-order valence-corrected chi connectivity index (χ4v) is 10.1. The van der Waals surface area contributed by atoms with E-state index in [2.05, 4.69) is 228 Å². The van der Waals surface area contributed by atoms with Crippen LogP contribution in [-0.2, 0) is 0 Å². The minimum Gasteiger partial charge on any atom is -0.309 e. The van der Waals surface area contributed by atoms with Crippen LogP contribution in [0, 0.1) is 0 Å². The van der Waals surface area contributed by atoms with Crippen molar-refractivity contribution in [2.45, 2.75) is 0 Å². The third kappa shape index (κ3) is 4.88. The van der Waals surface area contributed by atoms with E-state index in [0.29, 0.717) is 0 Å². The SMILES string of the molecule is c1ccc(-c2cc(-c3ccccc3)cc(-n3c4ccccc4c4cc(-c5cc6c7c(c5)c5ccccc5n7-c5ccccc5-c5cc7ccccc7cc5-6)ccc43)c2)cc1. The summed E-state index contributed by atoms with van der Waals surface area (Å²) in [4.78, 5) is 0. The zero-order valence-corrected chi connectivity index (χ0v) is 32.7. The van der Waals surface area contributed by atoms with E-state index < -0.39 is 0 Å². The molecule has 0 atom stereocenters. The van der Waals surface area contributed by atoms with Crippen molar-refractivity contribution in [1.29, 1.82) is 0 Å². The smallest absolute Gasteiger partial charge is 0.0620 e. The Balaban J connectivity index is 1.07. The first-order valence-electron chi connectivity index (χ1n) is 20.8. The summed E-state index contributed by atoms with van der Waals surface area (Å²) in [5.74, 6) is 0. The van der Waals surface area contributed by atoms with Gasteiger partial charge in [-0.15, -0.1) is 0 Å². The molecule has 2 nitrogen and oxygen atoms in total. The number of aromatic nitrogens is 2. The molecule has 0 saturated carbocycles. The van der Waals surface area contributed by atoms with E-state index in [4.69, 9.17) is 0 Å². The molecule has 0 N–H and O–H groups in total. The number of para-hydroxylation sites is 3. The lowest BCUT2D eigenvalue weighted by Gasteiger charge is -2.15. The maximum absolute atomic E-state index is 2.51. The van der Waals surface area contributed by atoms with Crippen LogP contribution >= 0.6 is 0 Å². The van der Waals surface area contributed by atoms with Crippen molar-refractivity contribution in [3.8, 4) is 67.0 Å². The first-order valence-corrected chi connectivity index (χ1v) is 20.8. The number of rotatable bonds is 4. The van der Waals surface area contributed by atoms with Gasteiger partial charge < -0.3 is 9.13 Å². The standard InChI is InChI=1S/C58H36N2/c1-3-15-37(16-4-1)42-29-43(38-17-5-2-6-18-38)31-45(30-42)59-54-24-12-10-22-47(54)51-34-41(27-28-57(51)59)44-35-52-48-23-11-14-26-56(48)60-55-25-13-9-21-46(55)49-32-39-19-7-8-20-40(39)33-50(49)53(36-44)58(52)60/h1-36H. The van der Waals surface area contributed by atoms with Crippen LogP contribution in [0.3, 0.4) is 0 Å². The molecule has 10 aromatic carbocycles. The third-order valence-corrected chi connectivity index (χ3v) is 12.8. The molecule has 0 radical (unpaired) electrons. The Bertz CT molecular complexity index is 3640. The normalized spacial score (nSPS) is 12.0. The Labute approximate surface area is 347 Å². The number of fused-ring (bicyclic) bond motifs is 12. The summed E-state index contributed by atoms with van der Waals surface area (Å²) in [6, 6.07) is 80.7. The summed E-state index contributed by atoms with van der Waals surface area (Å²) >= 11 is 0. The van der Waals surface area contributed by atoms with Gasteiger partial charge in [-0.1, -0.05) is 146 Å². The van der Waals surface area contributed by atoms with E-state index in [9.17, 15) is 0 Å². The molecule has 0 unspecified atom stereocenters. The van der Waals surface area contributed by atoms with Crippen LogP contribution in [0.4, 0.5) is 0 Å². The van der Waals surface area contributed by atoms with E-state index in [0.717, 1.165) is 5.69 Å². The summed E-state index contributed by atoms with van der Waals surface area (Å²) < 4.78 is 4.96. The van der Waals surface area contributed by atoms with Gasteiger partial charge in [-0.25, -0.2) is 0 Å². The summed E-state index contributed by atoms with van der Waals surface area (Å²) in [6.07, 6.45) is 0. The van der Waals surface area contributed by atoms with Crippen LogP contribution < -0.4 is 0 Å². The van der Waals surface area contributed by atoms with Crippen LogP contribution in [0.25, 0.3) is 121 Å². The molecule has 0 spiro atoms. The van der Waals surface area contributed by atoms with Gasteiger partial charge in [-0.05, 0) is 128 Å². The first-order chi connectivity index (χ1) is 29.7. The highest BCUT2D eigenvalue weighted by Crippen LogP contribution is 2.49. The highest BCUT2D eigenvalue weighted by molar-refractivity contribution is 6.19. The van der Waals surface area contributed by atoms with Gasteiger partial charge in [-0.2, -0.15) is 0 Å². The van der Waals surface area contributed by atoms with Crippen LogP contribution in [0.5, 0.6) is 0 Å².